The lowest BCUT2D eigenvalue weighted by molar-refractivity contribution is 0.408. The molecule has 38 heavy (non-hydrogen) atoms. The first-order valence-electron chi connectivity index (χ1n) is 12.2. The monoisotopic (exact) mass is 538 g/mol. The summed E-state index contributed by atoms with van der Waals surface area (Å²) in [6.45, 7) is 0. The van der Waals surface area contributed by atoms with Gasteiger partial charge in [0.1, 0.15) is 11.5 Å². The standard InChI is InChI=1S/C32H28O4P2/c1-35-29-23-32(38(34,27-19-11-5-12-20-27)28-21-13-6-14-22-28)30(36-2)24-31(29)37(33,25-15-7-3-8-16-25)26-17-9-4-10-18-26/h3-24H,1-2H3. The van der Waals surface area contributed by atoms with Crippen LogP contribution in [0.15, 0.2) is 133 Å². The Labute approximate surface area is 223 Å². The maximum absolute atomic E-state index is 15.2. The molecule has 0 N–H and O–H groups in total. The van der Waals surface area contributed by atoms with Gasteiger partial charge in [-0.15, -0.1) is 0 Å². The molecule has 6 heteroatoms. The highest BCUT2D eigenvalue weighted by atomic mass is 31.2. The van der Waals surface area contributed by atoms with Crippen LogP contribution in [0.5, 0.6) is 11.5 Å². The highest BCUT2D eigenvalue weighted by Crippen LogP contribution is 2.50. The molecule has 0 atom stereocenters. The van der Waals surface area contributed by atoms with Gasteiger partial charge in [-0.25, -0.2) is 0 Å². The Morgan fingerprint density at radius 2 is 0.658 bits per heavy atom. The lowest BCUT2D eigenvalue weighted by atomic mass is 10.3. The Morgan fingerprint density at radius 1 is 0.421 bits per heavy atom. The van der Waals surface area contributed by atoms with Crippen molar-refractivity contribution >= 4 is 46.1 Å². The van der Waals surface area contributed by atoms with Crippen molar-refractivity contribution in [2.75, 3.05) is 14.2 Å². The molecule has 0 saturated heterocycles. The van der Waals surface area contributed by atoms with E-state index in [0.717, 1.165) is 0 Å². The molecule has 0 amide bonds. The summed E-state index contributed by atoms with van der Waals surface area (Å²) in [7, 11) is -3.67. The molecule has 4 nitrogen and oxygen atoms in total. The molecule has 0 unspecified atom stereocenters. The molecule has 5 rings (SSSR count). The van der Waals surface area contributed by atoms with Crippen LogP contribution < -0.4 is 41.3 Å². The Morgan fingerprint density at radius 3 is 0.868 bits per heavy atom. The number of rotatable bonds is 8. The predicted octanol–water partition coefficient (Wildman–Crippen LogP) is 4.98. The average molecular weight is 539 g/mol. The Kier molecular flexibility index (Phi) is 7.38. The van der Waals surface area contributed by atoms with Gasteiger partial charge in [-0.3, -0.25) is 0 Å². The van der Waals surface area contributed by atoms with Gasteiger partial charge in [-0.2, -0.15) is 0 Å². The first kappa shape index (κ1) is 25.8. The van der Waals surface area contributed by atoms with Crippen LogP contribution in [0.2, 0.25) is 0 Å². The van der Waals surface area contributed by atoms with E-state index in [1.807, 2.05) is 121 Å². The summed E-state index contributed by atoms with van der Waals surface area (Å²) in [5.41, 5.74) is 0. The highest BCUT2D eigenvalue weighted by molar-refractivity contribution is 7.86. The molecule has 0 radical (unpaired) electrons. The first-order chi connectivity index (χ1) is 18.5. The largest absolute Gasteiger partial charge is 0.496 e. The van der Waals surface area contributed by atoms with Crippen molar-refractivity contribution in [2.24, 2.45) is 0 Å². The van der Waals surface area contributed by atoms with E-state index in [-0.39, 0.29) is 0 Å². The van der Waals surface area contributed by atoms with Gasteiger partial charge in [0.25, 0.3) is 0 Å². The zero-order chi connectivity index (χ0) is 26.6. The molecule has 0 fully saturated rings. The van der Waals surface area contributed by atoms with Gasteiger partial charge in [-0.05, 0) is 12.1 Å². The fourth-order valence-electron chi connectivity index (χ4n) is 4.76. The van der Waals surface area contributed by atoms with Gasteiger partial charge in [0.05, 0.1) is 24.8 Å². The fraction of sp³-hybridized carbons (Fsp3) is 0.0625. The van der Waals surface area contributed by atoms with Gasteiger partial charge < -0.3 is 18.6 Å². The summed E-state index contributed by atoms with van der Waals surface area (Å²) in [4.78, 5) is 0. The summed E-state index contributed by atoms with van der Waals surface area (Å²) in [5.74, 6) is 0.785. The Hall–Kier alpha value is -3.84. The van der Waals surface area contributed by atoms with Crippen molar-refractivity contribution in [3.63, 3.8) is 0 Å². The van der Waals surface area contributed by atoms with Crippen LogP contribution in [0.25, 0.3) is 0 Å². The van der Waals surface area contributed by atoms with Gasteiger partial charge >= 0.3 is 0 Å². The topological polar surface area (TPSA) is 52.6 Å². The number of benzene rings is 5. The van der Waals surface area contributed by atoms with Crippen LogP contribution in [0, 0.1) is 0 Å². The lowest BCUT2D eigenvalue weighted by Gasteiger charge is -2.26. The molecule has 5 aromatic carbocycles. The lowest BCUT2D eigenvalue weighted by Crippen LogP contribution is -2.30. The summed E-state index contributed by atoms with van der Waals surface area (Å²) in [5, 5.41) is 3.68. The van der Waals surface area contributed by atoms with E-state index < -0.39 is 14.3 Å². The van der Waals surface area contributed by atoms with Gasteiger partial charge in [0.2, 0.25) is 0 Å². The molecule has 5 aromatic rings. The quantitative estimate of drug-likeness (QED) is 0.262. The van der Waals surface area contributed by atoms with Crippen molar-refractivity contribution in [3.8, 4) is 11.5 Å². The zero-order valence-electron chi connectivity index (χ0n) is 21.2. The van der Waals surface area contributed by atoms with E-state index in [4.69, 9.17) is 9.47 Å². The molecular weight excluding hydrogens is 510 g/mol. The summed E-state index contributed by atoms with van der Waals surface area (Å²) in [6.07, 6.45) is 0. The Balaban J connectivity index is 1.84. The number of hydrogen-bond acceptors (Lipinski definition) is 4. The second kappa shape index (κ2) is 10.9. The van der Waals surface area contributed by atoms with E-state index in [2.05, 4.69) is 0 Å². The van der Waals surface area contributed by atoms with Crippen LogP contribution in [-0.2, 0) is 9.13 Å². The maximum Gasteiger partial charge on any atom is 0.174 e. The fourth-order valence-corrected chi connectivity index (χ4v) is 10.4. The number of ether oxygens (including phenoxy) is 2. The maximum atomic E-state index is 15.2. The second-order valence-corrected chi connectivity index (χ2v) is 14.2. The molecule has 0 aliphatic rings. The van der Waals surface area contributed by atoms with E-state index in [1.54, 1.807) is 26.4 Å². The van der Waals surface area contributed by atoms with Crippen LogP contribution in [-0.4, -0.2) is 14.2 Å². The Bertz CT molecular complexity index is 1410. The van der Waals surface area contributed by atoms with Crippen LogP contribution in [0.3, 0.4) is 0 Å². The van der Waals surface area contributed by atoms with Crippen molar-refractivity contribution in [1.82, 2.24) is 0 Å². The zero-order valence-corrected chi connectivity index (χ0v) is 23.0. The van der Waals surface area contributed by atoms with E-state index in [0.29, 0.717) is 43.3 Å². The summed E-state index contributed by atoms with van der Waals surface area (Å²) in [6, 6.07) is 41.0. The number of hydrogen-bond donors (Lipinski definition) is 0. The molecule has 0 aromatic heterocycles. The third-order valence-corrected chi connectivity index (χ3v) is 12.8. The third-order valence-electron chi connectivity index (χ3n) is 6.64. The van der Waals surface area contributed by atoms with E-state index in [9.17, 15) is 0 Å². The minimum atomic E-state index is -3.38. The SMILES string of the molecule is COc1cc(P(=O)(c2ccccc2)c2ccccc2)c(OC)cc1P(=O)(c1ccccc1)c1ccccc1. The molecule has 190 valence electrons. The minimum Gasteiger partial charge on any atom is -0.496 e. The first-order valence-corrected chi connectivity index (χ1v) is 15.6. The molecular formula is C32H28O4P2. The molecule has 0 aliphatic heterocycles. The van der Waals surface area contributed by atoms with Crippen molar-refractivity contribution in [1.29, 1.82) is 0 Å². The van der Waals surface area contributed by atoms with Gasteiger partial charge in [0, 0.05) is 21.2 Å². The molecule has 0 aliphatic carbocycles. The van der Waals surface area contributed by atoms with E-state index in [1.165, 1.54) is 0 Å². The van der Waals surface area contributed by atoms with Crippen LogP contribution >= 0.6 is 14.3 Å². The van der Waals surface area contributed by atoms with E-state index >= 15 is 9.13 Å². The third kappa shape index (κ3) is 4.41. The van der Waals surface area contributed by atoms with Crippen molar-refractivity contribution in [2.45, 2.75) is 0 Å². The smallest absolute Gasteiger partial charge is 0.174 e. The van der Waals surface area contributed by atoms with Crippen molar-refractivity contribution < 1.29 is 18.6 Å². The normalized spacial score (nSPS) is 11.6. The average Bonchev–Trinajstić information content (AvgIpc) is 3.01. The summed E-state index contributed by atoms with van der Waals surface area (Å²) < 4.78 is 42.1. The van der Waals surface area contributed by atoms with Gasteiger partial charge in [-0.1, -0.05) is 121 Å². The predicted molar refractivity (Wildman–Crippen MR) is 158 cm³/mol. The number of methoxy groups -OCH3 is 2. The van der Waals surface area contributed by atoms with Crippen molar-refractivity contribution in [3.05, 3.63) is 133 Å². The van der Waals surface area contributed by atoms with Gasteiger partial charge in [0.15, 0.2) is 14.3 Å². The molecule has 0 spiro atoms. The summed E-state index contributed by atoms with van der Waals surface area (Å²) >= 11 is 0. The molecule has 0 heterocycles. The highest BCUT2D eigenvalue weighted by Gasteiger charge is 2.38. The molecule has 0 saturated carbocycles. The van der Waals surface area contributed by atoms with Crippen LogP contribution in [0.1, 0.15) is 0 Å². The van der Waals surface area contributed by atoms with Crippen LogP contribution in [0.4, 0.5) is 0 Å². The second-order valence-electron chi connectivity index (χ2n) is 8.76. The minimum absolute atomic E-state index is 0.393. The molecule has 0 bridgehead atoms.